The van der Waals surface area contributed by atoms with Gasteiger partial charge in [-0.15, -0.1) is 11.3 Å². The molecular weight excluding hydrogens is 338 g/mol. The number of nitrogens with one attached hydrogen (secondary N) is 2. The fourth-order valence-corrected chi connectivity index (χ4v) is 3.30. The van der Waals surface area contributed by atoms with Crippen molar-refractivity contribution in [3.63, 3.8) is 0 Å². The van der Waals surface area contributed by atoms with E-state index in [1.165, 1.54) is 4.70 Å². The van der Waals surface area contributed by atoms with E-state index in [1.807, 2.05) is 56.3 Å². The maximum absolute atomic E-state index is 11.6. The summed E-state index contributed by atoms with van der Waals surface area (Å²) >= 11 is 6.82. The summed E-state index contributed by atoms with van der Waals surface area (Å²) in [5.74, 6) is -0.204. The Hall–Kier alpha value is -2.31. The van der Waals surface area contributed by atoms with Crippen LogP contribution in [0.3, 0.4) is 0 Å². The van der Waals surface area contributed by atoms with Crippen molar-refractivity contribution in [2.75, 3.05) is 5.32 Å². The average molecular weight is 355 g/mol. The first-order valence-electron chi connectivity index (χ1n) is 7.61. The smallest absolute Gasteiger partial charge is 0.228 e. The molecule has 1 heterocycles. The van der Waals surface area contributed by atoms with E-state index in [1.54, 1.807) is 11.3 Å². The summed E-state index contributed by atoms with van der Waals surface area (Å²) in [5, 5.41) is 6.97. The topological polar surface area (TPSA) is 54.0 Å². The standard InChI is InChI=1S/C18H17N3OS2/c1-11(2)16(22)21-18(23)19-13-9-7-12(8-10-13)17-20-14-5-3-4-6-15(14)24-17/h3-11H,1-2H3,(H2,19,21,22,23). The van der Waals surface area contributed by atoms with E-state index in [0.717, 1.165) is 21.8 Å². The number of benzene rings is 2. The van der Waals surface area contributed by atoms with E-state index in [-0.39, 0.29) is 11.8 Å². The van der Waals surface area contributed by atoms with Gasteiger partial charge in [0.25, 0.3) is 0 Å². The van der Waals surface area contributed by atoms with E-state index in [4.69, 9.17) is 12.2 Å². The molecule has 2 aromatic carbocycles. The first-order valence-corrected chi connectivity index (χ1v) is 8.83. The minimum Gasteiger partial charge on any atom is -0.332 e. The van der Waals surface area contributed by atoms with Crippen LogP contribution in [-0.4, -0.2) is 16.0 Å². The molecule has 24 heavy (non-hydrogen) atoms. The van der Waals surface area contributed by atoms with Gasteiger partial charge in [-0.3, -0.25) is 4.79 Å². The molecule has 0 saturated carbocycles. The highest BCUT2D eigenvalue weighted by atomic mass is 32.1. The average Bonchev–Trinajstić information content (AvgIpc) is 2.99. The zero-order valence-electron chi connectivity index (χ0n) is 13.4. The zero-order valence-corrected chi connectivity index (χ0v) is 15.0. The Morgan fingerprint density at radius 1 is 1.12 bits per heavy atom. The number of hydrogen-bond donors (Lipinski definition) is 2. The monoisotopic (exact) mass is 355 g/mol. The van der Waals surface area contributed by atoms with Crippen LogP contribution in [-0.2, 0) is 4.79 Å². The number of carbonyl (C=O) groups excluding carboxylic acids is 1. The second kappa shape index (κ2) is 7.07. The largest absolute Gasteiger partial charge is 0.332 e. The molecule has 0 bridgehead atoms. The van der Waals surface area contributed by atoms with Gasteiger partial charge < -0.3 is 10.6 Å². The van der Waals surface area contributed by atoms with Gasteiger partial charge in [-0.25, -0.2) is 4.98 Å². The Kier molecular flexibility index (Phi) is 4.87. The molecule has 0 unspecified atom stereocenters. The van der Waals surface area contributed by atoms with E-state index >= 15 is 0 Å². The van der Waals surface area contributed by atoms with Crippen LogP contribution in [0.15, 0.2) is 48.5 Å². The van der Waals surface area contributed by atoms with Crippen LogP contribution in [0, 0.1) is 5.92 Å². The molecule has 1 amide bonds. The lowest BCUT2D eigenvalue weighted by Gasteiger charge is -2.11. The van der Waals surface area contributed by atoms with Gasteiger partial charge in [0.15, 0.2) is 5.11 Å². The van der Waals surface area contributed by atoms with Crippen molar-refractivity contribution in [3.8, 4) is 10.6 Å². The van der Waals surface area contributed by atoms with Crippen LogP contribution in [0.25, 0.3) is 20.8 Å². The second-order valence-electron chi connectivity index (χ2n) is 5.66. The van der Waals surface area contributed by atoms with Crippen LogP contribution >= 0.6 is 23.6 Å². The Labute approximate surface area is 149 Å². The quantitative estimate of drug-likeness (QED) is 0.682. The summed E-state index contributed by atoms with van der Waals surface area (Å²) < 4.78 is 1.17. The Balaban J connectivity index is 1.71. The van der Waals surface area contributed by atoms with Crippen LogP contribution in [0.1, 0.15) is 13.8 Å². The van der Waals surface area contributed by atoms with E-state index in [9.17, 15) is 4.79 Å². The number of hydrogen-bond acceptors (Lipinski definition) is 4. The lowest BCUT2D eigenvalue weighted by atomic mass is 10.2. The Morgan fingerprint density at radius 3 is 2.50 bits per heavy atom. The highest BCUT2D eigenvalue weighted by molar-refractivity contribution is 7.80. The number of carbonyl (C=O) groups is 1. The molecule has 6 heteroatoms. The van der Waals surface area contributed by atoms with Crippen molar-refractivity contribution >= 4 is 50.5 Å². The third kappa shape index (κ3) is 3.77. The molecule has 3 aromatic rings. The Morgan fingerprint density at radius 2 is 1.83 bits per heavy atom. The van der Waals surface area contributed by atoms with E-state index < -0.39 is 0 Å². The number of para-hydroxylation sites is 1. The number of fused-ring (bicyclic) bond motifs is 1. The summed E-state index contributed by atoms with van der Waals surface area (Å²) in [6, 6.07) is 15.9. The van der Waals surface area contributed by atoms with Crippen molar-refractivity contribution in [2.45, 2.75) is 13.8 Å². The molecule has 0 spiro atoms. The van der Waals surface area contributed by atoms with Gasteiger partial charge in [-0.2, -0.15) is 0 Å². The van der Waals surface area contributed by atoms with Gasteiger partial charge in [0, 0.05) is 17.2 Å². The van der Waals surface area contributed by atoms with Gasteiger partial charge in [0.1, 0.15) is 5.01 Å². The summed E-state index contributed by atoms with van der Waals surface area (Å²) in [5.41, 5.74) is 2.89. The highest BCUT2D eigenvalue weighted by Gasteiger charge is 2.09. The van der Waals surface area contributed by atoms with Crippen molar-refractivity contribution in [2.24, 2.45) is 5.92 Å². The predicted molar refractivity (Wildman–Crippen MR) is 104 cm³/mol. The van der Waals surface area contributed by atoms with E-state index in [2.05, 4.69) is 21.7 Å². The minimum atomic E-state index is -0.105. The van der Waals surface area contributed by atoms with Gasteiger partial charge in [-0.05, 0) is 48.6 Å². The van der Waals surface area contributed by atoms with Gasteiger partial charge in [-0.1, -0.05) is 26.0 Å². The summed E-state index contributed by atoms with van der Waals surface area (Å²) in [7, 11) is 0. The predicted octanol–water partition coefficient (Wildman–Crippen LogP) is 4.43. The molecule has 0 aliphatic rings. The third-order valence-electron chi connectivity index (χ3n) is 3.44. The third-order valence-corrected chi connectivity index (χ3v) is 4.73. The number of thiocarbonyl (C=S) groups is 1. The first-order chi connectivity index (χ1) is 11.5. The maximum atomic E-state index is 11.6. The van der Waals surface area contributed by atoms with Gasteiger partial charge in [0.2, 0.25) is 5.91 Å². The van der Waals surface area contributed by atoms with Crippen molar-refractivity contribution in [1.82, 2.24) is 10.3 Å². The summed E-state index contributed by atoms with van der Waals surface area (Å²) in [4.78, 5) is 16.3. The summed E-state index contributed by atoms with van der Waals surface area (Å²) in [6.45, 7) is 3.65. The molecular formula is C18H17N3OS2. The van der Waals surface area contributed by atoms with Crippen LogP contribution in [0.4, 0.5) is 5.69 Å². The van der Waals surface area contributed by atoms with E-state index in [0.29, 0.717) is 5.11 Å². The molecule has 4 nitrogen and oxygen atoms in total. The molecule has 122 valence electrons. The Bertz CT molecular complexity index is 852. The maximum Gasteiger partial charge on any atom is 0.228 e. The number of rotatable bonds is 3. The lowest BCUT2D eigenvalue weighted by Crippen LogP contribution is -2.36. The fraction of sp³-hybridized carbons (Fsp3) is 0.167. The van der Waals surface area contributed by atoms with Crippen molar-refractivity contribution in [1.29, 1.82) is 0 Å². The molecule has 0 fully saturated rings. The molecule has 2 N–H and O–H groups in total. The summed E-state index contributed by atoms with van der Waals surface area (Å²) in [6.07, 6.45) is 0. The number of nitrogens with zero attached hydrogens (tertiary/aromatic N) is 1. The number of anilines is 1. The molecule has 3 rings (SSSR count). The van der Waals surface area contributed by atoms with Crippen LogP contribution in [0.2, 0.25) is 0 Å². The highest BCUT2D eigenvalue weighted by Crippen LogP contribution is 2.30. The van der Waals surface area contributed by atoms with Crippen LogP contribution in [0.5, 0.6) is 0 Å². The fourth-order valence-electron chi connectivity index (χ4n) is 2.11. The van der Waals surface area contributed by atoms with Crippen LogP contribution < -0.4 is 10.6 Å². The minimum absolute atomic E-state index is 0.0985. The molecule has 0 saturated heterocycles. The molecule has 0 aliphatic heterocycles. The molecule has 0 atom stereocenters. The first kappa shape index (κ1) is 16.5. The number of aromatic nitrogens is 1. The normalized spacial score (nSPS) is 10.8. The van der Waals surface area contributed by atoms with Crippen molar-refractivity contribution < 1.29 is 4.79 Å². The van der Waals surface area contributed by atoms with Gasteiger partial charge in [0.05, 0.1) is 10.2 Å². The molecule has 0 aliphatic carbocycles. The second-order valence-corrected chi connectivity index (χ2v) is 7.10. The molecule has 0 radical (unpaired) electrons. The van der Waals surface area contributed by atoms with Gasteiger partial charge >= 0.3 is 0 Å². The zero-order chi connectivity index (χ0) is 17.1. The van der Waals surface area contributed by atoms with Crippen molar-refractivity contribution in [3.05, 3.63) is 48.5 Å². The lowest BCUT2D eigenvalue weighted by molar-refractivity contribution is -0.122. The number of thiazole rings is 1. The molecule has 1 aromatic heterocycles. The SMILES string of the molecule is CC(C)C(=O)NC(=S)Nc1ccc(-c2nc3ccccc3s2)cc1. The number of amides is 1.